The van der Waals surface area contributed by atoms with E-state index in [1.165, 1.54) is 17.5 Å². The van der Waals surface area contributed by atoms with Crippen molar-refractivity contribution in [1.82, 2.24) is 9.97 Å². The largest absolute Gasteiger partial charge is 0.240 e. The number of fused-ring (bicyclic) bond motifs is 1. The molecule has 3 rings (SSSR count). The Hall–Kier alpha value is -2.22. The van der Waals surface area contributed by atoms with E-state index in [-0.39, 0.29) is 0 Å². The molecule has 2 aromatic carbocycles. The number of hydrogen-bond donors (Lipinski definition) is 0. The molecule has 0 N–H and O–H groups in total. The molecular weight excluding hydrogens is 244 g/mol. The number of aromatic nitrogens is 2. The van der Waals surface area contributed by atoms with Crippen molar-refractivity contribution in [1.29, 1.82) is 0 Å². The molecule has 0 aliphatic heterocycles. The van der Waals surface area contributed by atoms with Crippen molar-refractivity contribution in [3.05, 3.63) is 67.0 Å². The van der Waals surface area contributed by atoms with E-state index in [1.54, 1.807) is 0 Å². The van der Waals surface area contributed by atoms with E-state index in [9.17, 15) is 0 Å². The summed E-state index contributed by atoms with van der Waals surface area (Å²) in [6, 6.07) is 14.8. The van der Waals surface area contributed by atoms with E-state index >= 15 is 0 Å². The zero-order valence-corrected chi connectivity index (χ0v) is 11.7. The predicted molar refractivity (Wildman–Crippen MR) is 82.5 cm³/mol. The van der Waals surface area contributed by atoms with Crippen LogP contribution in [0.4, 0.5) is 0 Å². The summed E-state index contributed by atoms with van der Waals surface area (Å²) < 4.78 is 0. The molecule has 0 bridgehead atoms. The number of nitrogens with zero attached hydrogens (tertiary/aromatic N) is 2. The molecule has 0 saturated carbocycles. The monoisotopic (exact) mass is 260 g/mol. The van der Waals surface area contributed by atoms with Crippen LogP contribution in [-0.2, 0) is 0 Å². The first kappa shape index (κ1) is 12.8. The summed E-state index contributed by atoms with van der Waals surface area (Å²) in [6.07, 6.45) is 1.49. The predicted octanol–water partition coefficient (Wildman–Crippen LogP) is 4.48. The van der Waals surface area contributed by atoms with Crippen LogP contribution in [0.2, 0.25) is 0 Å². The van der Waals surface area contributed by atoms with Gasteiger partial charge in [0.2, 0.25) is 0 Å². The van der Waals surface area contributed by atoms with Crippen molar-refractivity contribution in [2.24, 2.45) is 0 Å². The molecule has 0 spiro atoms. The Balaban J connectivity index is 2.07. The third kappa shape index (κ3) is 2.29. The molecule has 2 heteroatoms. The lowest BCUT2D eigenvalue weighted by Gasteiger charge is -2.08. The van der Waals surface area contributed by atoms with Crippen LogP contribution in [0.3, 0.4) is 0 Å². The number of rotatable bonds is 2. The fraction of sp³-hybridized carbons (Fsp3) is 0.167. The lowest BCUT2D eigenvalue weighted by molar-refractivity contribution is 0.867. The molecule has 0 aliphatic carbocycles. The highest BCUT2D eigenvalue weighted by Crippen LogP contribution is 2.26. The maximum atomic E-state index is 5.92. The fourth-order valence-electron chi connectivity index (χ4n) is 2.32. The second-order valence-electron chi connectivity index (χ2n) is 5.27. The Morgan fingerprint density at radius 3 is 2.30 bits per heavy atom. The zero-order valence-electron chi connectivity index (χ0n) is 11.7. The van der Waals surface area contributed by atoms with Crippen molar-refractivity contribution in [3.8, 4) is 11.1 Å². The van der Waals surface area contributed by atoms with Crippen molar-refractivity contribution in [3.63, 3.8) is 0 Å². The Bertz CT molecular complexity index is 743. The van der Waals surface area contributed by atoms with Crippen LogP contribution in [0.5, 0.6) is 0 Å². The summed E-state index contributed by atoms with van der Waals surface area (Å²) in [5.41, 5.74) is 5.06. The van der Waals surface area contributed by atoms with Gasteiger partial charge in [-0.1, -0.05) is 44.2 Å². The number of benzene rings is 2. The molecule has 0 fully saturated rings. The smallest absolute Gasteiger partial charge is 0.116 e. The van der Waals surface area contributed by atoms with Crippen LogP contribution in [0.25, 0.3) is 22.0 Å². The summed E-state index contributed by atoms with van der Waals surface area (Å²) in [5.74, 6) is 0.546. The first-order valence-corrected chi connectivity index (χ1v) is 6.76. The molecule has 0 unspecified atom stereocenters. The quantitative estimate of drug-likeness (QED) is 0.679. The van der Waals surface area contributed by atoms with Crippen molar-refractivity contribution >= 4 is 10.9 Å². The third-order valence-corrected chi connectivity index (χ3v) is 3.58. The van der Waals surface area contributed by atoms with Gasteiger partial charge in [0.1, 0.15) is 6.33 Å². The number of hydrogen-bond acceptors (Lipinski definition) is 2. The molecule has 20 heavy (non-hydrogen) atoms. The van der Waals surface area contributed by atoms with Crippen LogP contribution >= 0.6 is 0 Å². The topological polar surface area (TPSA) is 25.8 Å². The van der Waals surface area contributed by atoms with Gasteiger partial charge in [-0.3, -0.25) is 0 Å². The van der Waals surface area contributed by atoms with Gasteiger partial charge in [-0.15, -0.1) is 0 Å². The van der Waals surface area contributed by atoms with Crippen molar-refractivity contribution in [2.75, 3.05) is 0 Å². The summed E-state index contributed by atoms with van der Waals surface area (Å²) in [5, 5.41) is 0.901. The van der Waals surface area contributed by atoms with Crippen LogP contribution in [0.1, 0.15) is 31.0 Å². The molecule has 1 aromatic heterocycles. The molecule has 0 amide bonds. The second kappa shape index (κ2) is 5.04. The minimum atomic E-state index is 0.524. The van der Waals surface area contributed by atoms with Gasteiger partial charge >= 0.3 is 0 Å². The highest BCUT2D eigenvalue weighted by atomic mass is 14.8. The molecule has 0 aliphatic rings. The Labute approximate surface area is 119 Å². The third-order valence-electron chi connectivity index (χ3n) is 3.58. The van der Waals surface area contributed by atoms with E-state index < -0.39 is 0 Å². The van der Waals surface area contributed by atoms with Gasteiger partial charge in [0, 0.05) is 12.3 Å². The minimum Gasteiger partial charge on any atom is -0.240 e. The van der Waals surface area contributed by atoms with Gasteiger partial charge in [0.15, 0.2) is 0 Å². The zero-order chi connectivity index (χ0) is 14.1. The van der Waals surface area contributed by atoms with Gasteiger partial charge in [-0.25, -0.2) is 9.97 Å². The highest BCUT2D eigenvalue weighted by Gasteiger charge is 2.04. The van der Waals surface area contributed by atoms with Gasteiger partial charge in [-0.05, 0) is 34.7 Å². The molecule has 0 atom stereocenters. The maximum Gasteiger partial charge on any atom is 0.116 e. The van der Waals surface area contributed by atoms with Crippen LogP contribution in [0, 0.1) is 6.92 Å². The Kier molecular flexibility index (Phi) is 3.23. The van der Waals surface area contributed by atoms with Crippen LogP contribution in [-0.4, -0.2) is 9.97 Å². The first-order valence-electron chi connectivity index (χ1n) is 6.76. The molecule has 0 saturated heterocycles. The average molecular weight is 260 g/mol. The van der Waals surface area contributed by atoms with Crippen molar-refractivity contribution < 1.29 is 0 Å². The summed E-state index contributed by atoms with van der Waals surface area (Å²) in [6.45, 7) is 10.3. The molecule has 2 nitrogen and oxygen atoms in total. The van der Waals surface area contributed by atoms with E-state index in [2.05, 4.69) is 60.2 Å². The van der Waals surface area contributed by atoms with Gasteiger partial charge < -0.3 is 0 Å². The van der Waals surface area contributed by atoms with Gasteiger partial charge in [0.25, 0.3) is 0 Å². The van der Waals surface area contributed by atoms with Crippen LogP contribution < -0.4 is 0 Å². The maximum absolute atomic E-state index is 5.92. The normalized spacial score (nSPS) is 11.2. The van der Waals surface area contributed by atoms with Crippen molar-refractivity contribution in [2.45, 2.75) is 19.8 Å². The van der Waals surface area contributed by atoms with E-state index in [0.717, 1.165) is 16.5 Å². The minimum absolute atomic E-state index is 0.524. The second-order valence-corrected chi connectivity index (χ2v) is 5.27. The van der Waals surface area contributed by atoms with Gasteiger partial charge in [-0.2, -0.15) is 0 Å². The molecule has 1 heterocycles. The molecule has 3 aromatic rings. The summed E-state index contributed by atoms with van der Waals surface area (Å²) in [4.78, 5) is 8.27. The van der Waals surface area contributed by atoms with E-state index in [4.69, 9.17) is 6.92 Å². The van der Waals surface area contributed by atoms with E-state index in [0.29, 0.717) is 11.6 Å². The highest BCUT2D eigenvalue weighted by molar-refractivity contribution is 5.86. The Morgan fingerprint density at radius 1 is 0.900 bits per heavy atom. The van der Waals surface area contributed by atoms with E-state index in [1.807, 2.05) is 6.07 Å². The average Bonchev–Trinajstić information content (AvgIpc) is 2.47. The lowest BCUT2D eigenvalue weighted by Crippen LogP contribution is -1.89. The van der Waals surface area contributed by atoms with Crippen LogP contribution in [0.15, 0.2) is 48.8 Å². The molecule has 98 valence electrons. The Morgan fingerprint density at radius 2 is 1.60 bits per heavy atom. The summed E-state index contributed by atoms with van der Waals surface area (Å²) in [7, 11) is 0. The molecule has 2 radical (unpaired) electrons. The summed E-state index contributed by atoms with van der Waals surface area (Å²) >= 11 is 0. The lowest BCUT2D eigenvalue weighted by atomic mass is 9.98. The molecular formula is C18H16N2. The first-order chi connectivity index (χ1) is 9.65. The fourth-order valence-corrected chi connectivity index (χ4v) is 2.32. The SMILES string of the molecule is [CH]c1ncnc2ccc(-c3ccc(C(C)C)cc3)cc12. The standard InChI is InChI=1S/C18H16N2/c1-12(2)14-4-6-15(7-5-14)16-8-9-18-17(10-16)13(3)19-11-20-18/h3-12H,1-2H3. The van der Waals surface area contributed by atoms with Gasteiger partial charge in [0.05, 0.1) is 11.2 Å².